The van der Waals surface area contributed by atoms with E-state index >= 15 is 0 Å². The van der Waals surface area contributed by atoms with E-state index in [0.717, 1.165) is 44.0 Å². The minimum atomic E-state index is -0.0264. The molecule has 8 heteroatoms. The van der Waals surface area contributed by atoms with Crippen molar-refractivity contribution in [3.05, 3.63) is 40.9 Å². The Bertz CT molecular complexity index is 741. The van der Waals surface area contributed by atoms with E-state index in [-0.39, 0.29) is 11.9 Å². The highest BCUT2D eigenvalue weighted by Gasteiger charge is 2.20. The summed E-state index contributed by atoms with van der Waals surface area (Å²) in [5.74, 6) is 0.873. The molecule has 0 aliphatic carbocycles. The number of anilines is 1. The average molecular weight is 390 g/mol. The summed E-state index contributed by atoms with van der Waals surface area (Å²) >= 11 is 1.54. The van der Waals surface area contributed by atoms with Crippen LogP contribution in [0.15, 0.2) is 30.5 Å². The number of aromatic nitrogens is 1. The maximum atomic E-state index is 12.4. The first-order chi connectivity index (χ1) is 13.0. The van der Waals surface area contributed by atoms with Crippen LogP contribution in [0.2, 0.25) is 0 Å². The van der Waals surface area contributed by atoms with Gasteiger partial charge in [0.15, 0.2) is 5.13 Å². The van der Waals surface area contributed by atoms with Crippen molar-refractivity contribution in [3.63, 3.8) is 0 Å². The molecule has 0 spiro atoms. The van der Waals surface area contributed by atoms with E-state index in [9.17, 15) is 4.79 Å². The first kappa shape index (κ1) is 19.6. The van der Waals surface area contributed by atoms with E-state index in [1.807, 2.05) is 37.4 Å². The van der Waals surface area contributed by atoms with E-state index in [1.165, 1.54) is 16.2 Å². The molecule has 0 radical (unpaired) electrons. The Balaban J connectivity index is 1.40. The molecule has 1 aliphatic rings. The Kier molecular flexibility index (Phi) is 6.65. The lowest BCUT2D eigenvalue weighted by Crippen LogP contribution is -2.49. The molecule has 1 atom stereocenters. The summed E-state index contributed by atoms with van der Waals surface area (Å²) in [5, 5.41) is 3.70. The molecule has 1 saturated heterocycles. The van der Waals surface area contributed by atoms with Gasteiger partial charge < -0.3 is 15.8 Å². The molecule has 1 amide bonds. The Hall–Kier alpha value is -2.16. The molecule has 7 nitrogen and oxygen atoms in total. The number of hydrogen-bond acceptors (Lipinski definition) is 7. The van der Waals surface area contributed by atoms with Gasteiger partial charge in [-0.25, -0.2) is 4.98 Å². The van der Waals surface area contributed by atoms with Crippen LogP contribution in [-0.4, -0.2) is 60.5 Å². The van der Waals surface area contributed by atoms with E-state index in [4.69, 9.17) is 10.5 Å². The third-order valence-electron chi connectivity index (χ3n) is 4.78. The molecule has 1 aromatic heterocycles. The Morgan fingerprint density at radius 3 is 2.52 bits per heavy atom. The zero-order chi connectivity index (χ0) is 19.2. The number of carbonyl (C=O) groups is 1. The Morgan fingerprint density at radius 1 is 1.26 bits per heavy atom. The van der Waals surface area contributed by atoms with Crippen molar-refractivity contribution in [1.29, 1.82) is 0 Å². The number of benzene rings is 1. The Morgan fingerprint density at radius 2 is 1.93 bits per heavy atom. The molecular formula is C19H27N5O2S. The van der Waals surface area contributed by atoms with E-state index in [2.05, 4.69) is 20.1 Å². The second-order valence-corrected chi connectivity index (χ2v) is 7.93. The summed E-state index contributed by atoms with van der Waals surface area (Å²) in [6.07, 6.45) is 1.85. The number of nitrogens with two attached hydrogens (primary N) is 1. The standard InChI is InChI=1S/C19H27N5O2S/c1-14(15-3-5-16(26-2)6-4-15)22-18(25)13-24-9-7-23(8-10-24)12-17-11-21-19(20)27-17/h3-6,11,14H,7-10,12-13H2,1-2H3,(H2,20,21)(H,22,25). The van der Waals surface area contributed by atoms with Gasteiger partial charge in [0, 0.05) is 43.8 Å². The summed E-state index contributed by atoms with van der Waals surface area (Å²) in [6, 6.07) is 7.76. The van der Waals surface area contributed by atoms with Gasteiger partial charge in [-0.3, -0.25) is 14.6 Å². The molecule has 0 bridgehead atoms. The molecule has 1 unspecified atom stereocenters. The van der Waals surface area contributed by atoms with E-state index < -0.39 is 0 Å². The van der Waals surface area contributed by atoms with Gasteiger partial charge in [-0.1, -0.05) is 12.1 Å². The first-order valence-corrected chi connectivity index (χ1v) is 9.93. The van der Waals surface area contributed by atoms with Crippen molar-refractivity contribution in [2.45, 2.75) is 19.5 Å². The van der Waals surface area contributed by atoms with Crippen molar-refractivity contribution < 1.29 is 9.53 Å². The van der Waals surface area contributed by atoms with Crippen LogP contribution < -0.4 is 15.8 Å². The van der Waals surface area contributed by atoms with Gasteiger partial charge in [0.25, 0.3) is 0 Å². The van der Waals surface area contributed by atoms with Crippen molar-refractivity contribution in [1.82, 2.24) is 20.1 Å². The van der Waals surface area contributed by atoms with Gasteiger partial charge in [-0.15, -0.1) is 11.3 Å². The average Bonchev–Trinajstić information content (AvgIpc) is 3.08. The molecule has 3 rings (SSSR count). The maximum Gasteiger partial charge on any atom is 0.234 e. The lowest BCUT2D eigenvalue weighted by molar-refractivity contribution is -0.123. The Labute approximate surface area is 164 Å². The summed E-state index contributed by atoms with van der Waals surface area (Å²) in [7, 11) is 1.65. The molecule has 2 aromatic rings. The fourth-order valence-electron chi connectivity index (χ4n) is 3.19. The van der Waals surface area contributed by atoms with Crippen LogP contribution in [0.4, 0.5) is 5.13 Å². The number of nitrogen functional groups attached to an aromatic ring is 1. The normalized spacial score (nSPS) is 16.8. The number of rotatable bonds is 7. The van der Waals surface area contributed by atoms with Crippen LogP contribution in [-0.2, 0) is 11.3 Å². The molecule has 1 fully saturated rings. The third kappa shape index (κ3) is 5.66. The zero-order valence-corrected chi connectivity index (χ0v) is 16.7. The van der Waals surface area contributed by atoms with Crippen molar-refractivity contribution in [2.75, 3.05) is 45.6 Å². The minimum absolute atomic E-state index is 0.0264. The SMILES string of the molecule is COc1ccc(C(C)NC(=O)CN2CCN(Cc3cnc(N)s3)CC2)cc1. The lowest BCUT2D eigenvalue weighted by atomic mass is 10.1. The van der Waals surface area contributed by atoms with Gasteiger partial charge in [-0.05, 0) is 24.6 Å². The number of nitrogens with zero attached hydrogens (tertiary/aromatic N) is 3. The molecule has 1 aliphatic heterocycles. The summed E-state index contributed by atoms with van der Waals surface area (Å²) < 4.78 is 5.17. The molecule has 1 aromatic carbocycles. The number of ether oxygens (including phenoxy) is 1. The number of methoxy groups -OCH3 is 1. The summed E-state index contributed by atoms with van der Waals surface area (Å²) in [6.45, 7) is 6.97. The lowest BCUT2D eigenvalue weighted by Gasteiger charge is -2.34. The summed E-state index contributed by atoms with van der Waals surface area (Å²) in [5.41, 5.74) is 6.75. The number of thiazole rings is 1. The van der Waals surface area contributed by atoms with Gasteiger partial charge in [0.05, 0.1) is 19.7 Å². The van der Waals surface area contributed by atoms with Crippen LogP contribution in [0.3, 0.4) is 0 Å². The van der Waals surface area contributed by atoms with E-state index in [0.29, 0.717) is 11.7 Å². The topological polar surface area (TPSA) is 83.7 Å². The number of hydrogen-bond donors (Lipinski definition) is 2. The minimum Gasteiger partial charge on any atom is -0.497 e. The van der Waals surface area contributed by atoms with Crippen LogP contribution in [0.5, 0.6) is 5.75 Å². The number of nitrogens with one attached hydrogen (secondary N) is 1. The largest absolute Gasteiger partial charge is 0.497 e. The van der Waals surface area contributed by atoms with Crippen LogP contribution in [0.25, 0.3) is 0 Å². The second-order valence-electron chi connectivity index (χ2n) is 6.78. The van der Waals surface area contributed by atoms with Crippen LogP contribution in [0, 0.1) is 0 Å². The number of carbonyl (C=O) groups excluding carboxylic acids is 1. The molecule has 146 valence electrons. The van der Waals surface area contributed by atoms with Crippen LogP contribution >= 0.6 is 11.3 Å². The molecule has 27 heavy (non-hydrogen) atoms. The van der Waals surface area contributed by atoms with Crippen molar-refractivity contribution in [2.24, 2.45) is 0 Å². The highest BCUT2D eigenvalue weighted by molar-refractivity contribution is 7.15. The predicted molar refractivity (Wildman–Crippen MR) is 108 cm³/mol. The first-order valence-electron chi connectivity index (χ1n) is 9.11. The van der Waals surface area contributed by atoms with Crippen LogP contribution in [0.1, 0.15) is 23.4 Å². The van der Waals surface area contributed by atoms with Gasteiger partial charge in [-0.2, -0.15) is 0 Å². The molecule has 0 saturated carbocycles. The van der Waals surface area contributed by atoms with E-state index in [1.54, 1.807) is 7.11 Å². The quantitative estimate of drug-likeness (QED) is 0.750. The second kappa shape index (κ2) is 9.16. The van der Waals surface area contributed by atoms with Gasteiger partial charge in [0.1, 0.15) is 5.75 Å². The predicted octanol–water partition coefficient (Wildman–Crippen LogP) is 1.73. The van der Waals surface area contributed by atoms with Gasteiger partial charge in [0.2, 0.25) is 5.91 Å². The smallest absolute Gasteiger partial charge is 0.234 e. The highest BCUT2D eigenvalue weighted by atomic mass is 32.1. The number of amides is 1. The number of piperazine rings is 1. The fraction of sp³-hybridized carbons (Fsp3) is 0.474. The molecule has 2 heterocycles. The monoisotopic (exact) mass is 389 g/mol. The fourth-order valence-corrected chi connectivity index (χ4v) is 3.91. The molecular weight excluding hydrogens is 362 g/mol. The van der Waals surface area contributed by atoms with Crippen molar-refractivity contribution in [3.8, 4) is 5.75 Å². The maximum absolute atomic E-state index is 12.4. The highest BCUT2D eigenvalue weighted by Crippen LogP contribution is 2.18. The van der Waals surface area contributed by atoms with Gasteiger partial charge >= 0.3 is 0 Å². The molecule has 3 N–H and O–H groups in total. The van der Waals surface area contributed by atoms with Crippen molar-refractivity contribution >= 4 is 22.4 Å². The summed E-state index contributed by atoms with van der Waals surface area (Å²) in [4.78, 5) is 22.2. The zero-order valence-electron chi connectivity index (χ0n) is 15.9. The third-order valence-corrected chi connectivity index (χ3v) is 5.59.